The lowest BCUT2D eigenvalue weighted by molar-refractivity contribution is 0.178. The number of para-hydroxylation sites is 2. The summed E-state index contributed by atoms with van der Waals surface area (Å²) in [6, 6.07) is 25.2. The molecule has 3 aromatic carbocycles. The summed E-state index contributed by atoms with van der Waals surface area (Å²) in [5, 5.41) is 10.4. The number of urea groups is 1. The van der Waals surface area contributed by atoms with Crippen molar-refractivity contribution < 1.29 is 4.79 Å². The first-order valence-electron chi connectivity index (χ1n) is 14.1. The molecule has 3 N–H and O–H groups in total. The van der Waals surface area contributed by atoms with E-state index in [-0.39, 0.29) is 11.6 Å². The number of nitrogens with zero attached hydrogens (tertiary/aromatic N) is 1. The van der Waals surface area contributed by atoms with E-state index < -0.39 is 0 Å². The Bertz CT molecular complexity index is 1170. The van der Waals surface area contributed by atoms with Crippen LogP contribution in [0, 0.1) is 0 Å². The molecule has 1 saturated heterocycles. The molecule has 1 heterocycles. The zero-order chi connectivity index (χ0) is 27.1. The third-order valence-electron chi connectivity index (χ3n) is 7.87. The van der Waals surface area contributed by atoms with Crippen LogP contribution in [0.5, 0.6) is 0 Å². The smallest absolute Gasteiger partial charge is 0.319 e. The van der Waals surface area contributed by atoms with E-state index in [9.17, 15) is 4.79 Å². The Morgan fingerprint density at radius 2 is 1.45 bits per heavy atom. The Balaban J connectivity index is 1.56. The van der Waals surface area contributed by atoms with Gasteiger partial charge in [-0.05, 0) is 54.0 Å². The molecule has 0 unspecified atom stereocenters. The predicted molar refractivity (Wildman–Crippen MR) is 161 cm³/mol. The molecule has 4 rings (SSSR count). The van der Waals surface area contributed by atoms with Crippen molar-refractivity contribution in [2.75, 3.05) is 36.8 Å². The van der Waals surface area contributed by atoms with Gasteiger partial charge in [-0.25, -0.2) is 4.79 Å². The Hall–Kier alpha value is -3.31. The highest BCUT2D eigenvalue weighted by Gasteiger charge is 2.35. The van der Waals surface area contributed by atoms with E-state index in [1.54, 1.807) is 0 Å². The van der Waals surface area contributed by atoms with Crippen LogP contribution in [0.1, 0.15) is 70.4 Å². The minimum absolute atomic E-state index is 0.143. The summed E-state index contributed by atoms with van der Waals surface area (Å²) in [5.41, 5.74) is 6.55. The van der Waals surface area contributed by atoms with Crippen LogP contribution in [-0.2, 0) is 0 Å². The molecule has 0 atom stereocenters. The standard InChI is InChI=1S/C33H44N4O/c1-6-37-21-19-33(20-22-37,36-30-18-11-10-15-29(30)26-13-8-7-9-14-26)23-34-32(38)35-31-27(24(2)3)16-12-17-28(31)25(4)5/h7-18,24-25,36H,6,19-23H2,1-5H3,(H2,34,35,38). The van der Waals surface area contributed by atoms with Crippen molar-refractivity contribution in [1.29, 1.82) is 0 Å². The van der Waals surface area contributed by atoms with Gasteiger partial charge in [-0.3, -0.25) is 0 Å². The molecule has 0 bridgehead atoms. The molecule has 0 saturated carbocycles. The van der Waals surface area contributed by atoms with Crippen LogP contribution >= 0.6 is 0 Å². The number of benzene rings is 3. The molecule has 2 amide bonds. The zero-order valence-corrected chi connectivity index (χ0v) is 23.7. The van der Waals surface area contributed by atoms with Gasteiger partial charge in [0.15, 0.2) is 0 Å². The highest BCUT2D eigenvalue weighted by Crippen LogP contribution is 2.34. The highest BCUT2D eigenvalue weighted by molar-refractivity contribution is 5.91. The van der Waals surface area contributed by atoms with Crippen LogP contribution in [0.2, 0.25) is 0 Å². The van der Waals surface area contributed by atoms with E-state index in [4.69, 9.17) is 0 Å². The first-order valence-corrected chi connectivity index (χ1v) is 14.1. The van der Waals surface area contributed by atoms with E-state index in [2.05, 4.69) is 122 Å². The van der Waals surface area contributed by atoms with Crippen molar-refractivity contribution in [3.05, 3.63) is 83.9 Å². The average Bonchev–Trinajstić information content (AvgIpc) is 2.93. The van der Waals surface area contributed by atoms with Crippen LogP contribution < -0.4 is 16.0 Å². The fraction of sp³-hybridized carbons (Fsp3) is 0.424. The molecule has 1 aliphatic rings. The van der Waals surface area contributed by atoms with Gasteiger partial charge >= 0.3 is 6.03 Å². The van der Waals surface area contributed by atoms with Gasteiger partial charge in [-0.2, -0.15) is 0 Å². The quantitative estimate of drug-likeness (QED) is 0.275. The molecule has 202 valence electrons. The number of piperidine rings is 1. The van der Waals surface area contributed by atoms with Crippen LogP contribution in [-0.4, -0.2) is 42.6 Å². The van der Waals surface area contributed by atoms with Gasteiger partial charge in [0, 0.05) is 36.6 Å². The summed E-state index contributed by atoms with van der Waals surface area (Å²) >= 11 is 0. The van der Waals surface area contributed by atoms with Crippen LogP contribution in [0.4, 0.5) is 16.2 Å². The number of hydrogen-bond donors (Lipinski definition) is 3. The third kappa shape index (κ3) is 6.57. The average molecular weight is 513 g/mol. The van der Waals surface area contributed by atoms with Crippen molar-refractivity contribution in [2.24, 2.45) is 0 Å². The SMILES string of the molecule is CCN1CCC(CNC(=O)Nc2c(C(C)C)cccc2C(C)C)(Nc2ccccc2-c2ccccc2)CC1. The zero-order valence-electron chi connectivity index (χ0n) is 23.7. The van der Waals surface area contributed by atoms with E-state index in [0.717, 1.165) is 43.9 Å². The first-order chi connectivity index (χ1) is 18.3. The number of anilines is 2. The molecule has 38 heavy (non-hydrogen) atoms. The normalized spacial score (nSPS) is 15.4. The van der Waals surface area contributed by atoms with Crippen LogP contribution in [0.25, 0.3) is 11.1 Å². The Labute approximate surface area is 229 Å². The monoisotopic (exact) mass is 512 g/mol. The maximum absolute atomic E-state index is 13.3. The summed E-state index contributed by atoms with van der Waals surface area (Å²) in [4.78, 5) is 15.8. The van der Waals surface area contributed by atoms with Crippen molar-refractivity contribution in [3.8, 4) is 11.1 Å². The fourth-order valence-electron chi connectivity index (χ4n) is 5.49. The lowest BCUT2D eigenvalue weighted by Crippen LogP contribution is -2.56. The number of carbonyl (C=O) groups is 1. The molecule has 1 fully saturated rings. The number of rotatable bonds is 9. The Morgan fingerprint density at radius 1 is 0.842 bits per heavy atom. The lowest BCUT2D eigenvalue weighted by atomic mass is 9.86. The second-order valence-corrected chi connectivity index (χ2v) is 11.2. The molecule has 3 aromatic rings. The molecular weight excluding hydrogens is 468 g/mol. The second-order valence-electron chi connectivity index (χ2n) is 11.2. The van der Waals surface area contributed by atoms with Gasteiger partial charge in [0.2, 0.25) is 0 Å². The molecular formula is C33H44N4O. The summed E-state index contributed by atoms with van der Waals surface area (Å²) in [6.07, 6.45) is 1.92. The van der Waals surface area contributed by atoms with Gasteiger partial charge in [-0.15, -0.1) is 0 Å². The van der Waals surface area contributed by atoms with Crippen LogP contribution in [0.15, 0.2) is 72.8 Å². The van der Waals surface area contributed by atoms with Crippen molar-refractivity contribution in [1.82, 2.24) is 10.2 Å². The van der Waals surface area contributed by atoms with Gasteiger partial charge in [0.25, 0.3) is 0 Å². The Morgan fingerprint density at radius 3 is 2.05 bits per heavy atom. The number of likely N-dealkylation sites (tertiary alicyclic amines) is 1. The highest BCUT2D eigenvalue weighted by atomic mass is 16.2. The molecule has 0 spiro atoms. The van der Waals surface area contributed by atoms with E-state index in [1.165, 1.54) is 22.3 Å². The van der Waals surface area contributed by atoms with Gasteiger partial charge in [-0.1, -0.05) is 101 Å². The minimum Gasteiger partial charge on any atom is -0.377 e. The molecule has 5 nitrogen and oxygen atoms in total. The molecule has 0 radical (unpaired) electrons. The Kier molecular flexibility index (Phi) is 9.11. The van der Waals surface area contributed by atoms with E-state index >= 15 is 0 Å². The molecule has 0 aromatic heterocycles. The van der Waals surface area contributed by atoms with E-state index in [1.807, 2.05) is 6.07 Å². The fourth-order valence-corrected chi connectivity index (χ4v) is 5.49. The van der Waals surface area contributed by atoms with Crippen molar-refractivity contribution >= 4 is 17.4 Å². The maximum atomic E-state index is 13.3. The minimum atomic E-state index is -0.230. The molecule has 0 aliphatic carbocycles. The largest absolute Gasteiger partial charge is 0.377 e. The molecule has 1 aliphatic heterocycles. The summed E-state index contributed by atoms with van der Waals surface area (Å²) in [6.45, 7) is 14.5. The topological polar surface area (TPSA) is 56.4 Å². The predicted octanol–water partition coefficient (Wildman–Crippen LogP) is 7.69. The second kappa shape index (κ2) is 12.5. The first kappa shape index (κ1) is 27.7. The van der Waals surface area contributed by atoms with Gasteiger partial charge in [0.05, 0.1) is 5.54 Å². The van der Waals surface area contributed by atoms with Crippen LogP contribution in [0.3, 0.4) is 0 Å². The third-order valence-corrected chi connectivity index (χ3v) is 7.87. The van der Waals surface area contributed by atoms with Crippen molar-refractivity contribution in [2.45, 2.75) is 64.8 Å². The number of hydrogen-bond acceptors (Lipinski definition) is 3. The number of carbonyl (C=O) groups excluding carboxylic acids is 1. The molecule has 5 heteroatoms. The summed E-state index contributed by atoms with van der Waals surface area (Å²) in [5.74, 6) is 0.648. The summed E-state index contributed by atoms with van der Waals surface area (Å²) in [7, 11) is 0. The van der Waals surface area contributed by atoms with Crippen molar-refractivity contribution in [3.63, 3.8) is 0 Å². The maximum Gasteiger partial charge on any atom is 0.319 e. The lowest BCUT2D eigenvalue weighted by Gasteiger charge is -2.43. The van der Waals surface area contributed by atoms with E-state index in [0.29, 0.717) is 18.4 Å². The number of amides is 2. The van der Waals surface area contributed by atoms with Gasteiger partial charge < -0.3 is 20.9 Å². The number of nitrogens with one attached hydrogen (secondary N) is 3. The van der Waals surface area contributed by atoms with Gasteiger partial charge in [0.1, 0.15) is 0 Å². The summed E-state index contributed by atoms with van der Waals surface area (Å²) < 4.78 is 0.